The fraction of sp³-hybridized carbons (Fsp3) is 0.421. The number of ketones is 1. The molecule has 1 saturated heterocycles. The summed E-state index contributed by atoms with van der Waals surface area (Å²) >= 11 is 11.9. The van der Waals surface area contributed by atoms with Crippen LogP contribution in [-0.4, -0.2) is 52.2 Å². The second-order valence-electron chi connectivity index (χ2n) is 6.44. The van der Waals surface area contributed by atoms with E-state index in [-0.39, 0.29) is 36.3 Å². The van der Waals surface area contributed by atoms with Gasteiger partial charge >= 0.3 is 0 Å². The fourth-order valence-corrected chi connectivity index (χ4v) is 3.50. The van der Waals surface area contributed by atoms with E-state index in [0.29, 0.717) is 29.7 Å². The molecule has 1 fully saturated rings. The number of rotatable bonds is 7. The molecule has 1 aromatic heterocycles. The lowest BCUT2D eigenvalue weighted by Gasteiger charge is -2.41. The third-order valence-corrected chi connectivity index (χ3v) is 4.69. The molecule has 0 N–H and O–H groups in total. The Morgan fingerprint density at radius 3 is 2.67 bits per heavy atom. The molecule has 1 amide bonds. The quantitative estimate of drug-likeness (QED) is 0.501. The Bertz CT molecular complexity index is 756. The molecule has 8 heteroatoms. The molecule has 0 saturated carbocycles. The Balaban J connectivity index is 1.88. The zero-order chi connectivity index (χ0) is 20.0. The fourth-order valence-electron chi connectivity index (χ4n) is 3.04. The number of Topliss-reactive ketones (excluding diaryl/α,β-unsaturated/α-hetero) is 1. The van der Waals surface area contributed by atoms with Gasteiger partial charge in [-0.1, -0.05) is 29.8 Å². The third-order valence-electron chi connectivity index (χ3n) is 4.36. The molecule has 2 rings (SSSR count). The first kappa shape index (κ1) is 21.3. The standard InChI is InChI=1S/C19H23Cl2N3O3/c1-13(20)8-16(21)9-14(2)24-7-6-23(10-15(24)3)19(26)5-4-18(25)17-11-27-12-22-17/h8-9,11-12,15H,1,4-7,10H2,2-3H3/b14-9+,16-8+/t15-/m0/s1. The number of hydrogen-bond acceptors (Lipinski definition) is 5. The van der Waals surface area contributed by atoms with Crippen molar-refractivity contribution in [2.24, 2.45) is 0 Å². The molecule has 27 heavy (non-hydrogen) atoms. The van der Waals surface area contributed by atoms with E-state index in [4.69, 9.17) is 27.6 Å². The molecule has 0 aromatic carbocycles. The normalized spacial score (nSPS) is 18.6. The lowest BCUT2D eigenvalue weighted by Crippen LogP contribution is -2.52. The van der Waals surface area contributed by atoms with Crippen LogP contribution in [0.25, 0.3) is 0 Å². The number of piperazine rings is 1. The van der Waals surface area contributed by atoms with E-state index < -0.39 is 0 Å². The molecule has 0 radical (unpaired) electrons. The third kappa shape index (κ3) is 6.26. The molecule has 1 aromatic rings. The van der Waals surface area contributed by atoms with Crippen LogP contribution in [0.3, 0.4) is 0 Å². The Hall–Kier alpha value is -2.05. The first-order valence-corrected chi connectivity index (χ1v) is 9.39. The van der Waals surface area contributed by atoms with Gasteiger partial charge in [0.15, 0.2) is 12.2 Å². The van der Waals surface area contributed by atoms with Crippen LogP contribution in [0, 0.1) is 0 Å². The number of oxazole rings is 1. The van der Waals surface area contributed by atoms with Crippen LogP contribution in [0.1, 0.15) is 37.2 Å². The number of halogens is 2. The van der Waals surface area contributed by atoms with Crippen molar-refractivity contribution in [3.8, 4) is 0 Å². The van der Waals surface area contributed by atoms with Gasteiger partial charge in [-0.3, -0.25) is 9.59 Å². The van der Waals surface area contributed by atoms with Gasteiger partial charge in [-0.2, -0.15) is 0 Å². The predicted octanol–water partition coefficient (Wildman–Crippen LogP) is 3.95. The van der Waals surface area contributed by atoms with Gasteiger partial charge in [0.2, 0.25) is 5.91 Å². The first-order valence-electron chi connectivity index (χ1n) is 8.63. The van der Waals surface area contributed by atoms with Crippen molar-refractivity contribution in [1.82, 2.24) is 14.8 Å². The number of amides is 1. The highest BCUT2D eigenvalue weighted by atomic mass is 35.5. The average Bonchev–Trinajstić information content (AvgIpc) is 3.12. The van der Waals surface area contributed by atoms with Gasteiger partial charge in [-0.25, -0.2) is 4.98 Å². The van der Waals surface area contributed by atoms with E-state index in [9.17, 15) is 9.59 Å². The van der Waals surface area contributed by atoms with Gasteiger partial charge in [0, 0.05) is 54.3 Å². The van der Waals surface area contributed by atoms with E-state index in [0.717, 1.165) is 5.70 Å². The first-order chi connectivity index (χ1) is 12.8. The lowest BCUT2D eigenvalue weighted by atomic mass is 10.1. The minimum atomic E-state index is -0.190. The predicted molar refractivity (Wildman–Crippen MR) is 106 cm³/mol. The number of carbonyl (C=O) groups excluding carboxylic acids is 2. The van der Waals surface area contributed by atoms with Crippen molar-refractivity contribution in [3.63, 3.8) is 0 Å². The summed E-state index contributed by atoms with van der Waals surface area (Å²) in [5.41, 5.74) is 1.25. The van der Waals surface area contributed by atoms with Crippen LogP contribution in [-0.2, 0) is 4.79 Å². The summed E-state index contributed by atoms with van der Waals surface area (Å²) in [6.07, 6.45) is 6.21. The highest BCUT2D eigenvalue weighted by Crippen LogP contribution is 2.20. The van der Waals surface area contributed by atoms with Crippen molar-refractivity contribution in [2.45, 2.75) is 32.7 Å². The topological polar surface area (TPSA) is 66.7 Å². The molecule has 0 aliphatic carbocycles. The van der Waals surface area contributed by atoms with E-state index in [2.05, 4.69) is 23.4 Å². The van der Waals surface area contributed by atoms with Crippen LogP contribution >= 0.6 is 23.2 Å². The van der Waals surface area contributed by atoms with Crippen molar-refractivity contribution in [1.29, 1.82) is 0 Å². The van der Waals surface area contributed by atoms with Gasteiger partial charge in [-0.15, -0.1) is 0 Å². The molecule has 0 bridgehead atoms. The summed E-state index contributed by atoms with van der Waals surface area (Å²) in [7, 11) is 0. The van der Waals surface area contributed by atoms with Crippen LogP contribution in [0.15, 0.2) is 51.6 Å². The largest absolute Gasteiger partial charge is 0.451 e. The van der Waals surface area contributed by atoms with Gasteiger partial charge in [0.1, 0.15) is 12.0 Å². The van der Waals surface area contributed by atoms with Gasteiger partial charge < -0.3 is 14.2 Å². The summed E-state index contributed by atoms with van der Waals surface area (Å²) in [4.78, 5) is 32.2. The molecule has 2 heterocycles. The van der Waals surface area contributed by atoms with Crippen LogP contribution in [0.5, 0.6) is 0 Å². The minimum absolute atomic E-state index is 0.0312. The Morgan fingerprint density at radius 1 is 1.33 bits per heavy atom. The van der Waals surface area contributed by atoms with E-state index in [1.54, 1.807) is 11.0 Å². The smallest absolute Gasteiger partial charge is 0.223 e. The summed E-state index contributed by atoms with van der Waals surface area (Å²) in [6.45, 7) is 9.49. The molecule has 1 atom stereocenters. The number of hydrogen-bond donors (Lipinski definition) is 0. The minimum Gasteiger partial charge on any atom is -0.451 e. The summed E-state index contributed by atoms with van der Waals surface area (Å²) in [5.74, 6) is -0.221. The number of allylic oxidation sites excluding steroid dienone is 5. The van der Waals surface area contributed by atoms with Crippen LogP contribution < -0.4 is 0 Å². The summed E-state index contributed by atoms with van der Waals surface area (Å²) < 4.78 is 4.79. The van der Waals surface area contributed by atoms with E-state index in [1.165, 1.54) is 12.7 Å². The maximum absolute atomic E-state index is 12.4. The maximum Gasteiger partial charge on any atom is 0.223 e. The number of carbonyl (C=O) groups is 2. The Morgan fingerprint density at radius 2 is 2.07 bits per heavy atom. The molecule has 6 nitrogen and oxygen atoms in total. The molecule has 146 valence electrons. The zero-order valence-corrected chi connectivity index (χ0v) is 17.0. The molecular formula is C19H23Cl2N3O3. The van der Waals surface area contributed by atoms with Crippen molar-refractivity contribution in [2.75, 3.05) is 19.6 Å². The molecule has 0 unspecified atom stereocenters. The zero-order valence-electron chi connectivity index (χ0n) is 15.5. The highest BCUT2D eigenvalue weighted by Gasteiger charge is 2.27. The van der Waals surface area contributed by atoms with Gasteiger partial charge in [0.25, 0.3) is 0 Å². The molecular weight excluding hydrogens is 389 g/mol. The van der Waals surface area contributed by atoms with Gasteiger partial charge in [0.05, 0.1) is 0 Å². The van der Waals surface area contributed by atoms with Crippen LogP contribution in [0.4, 0.5) is 0 Å². The number of aromatic nitrogens is 1. The van der Waals surface area contributed by atoms with E-state index >= 15 is 0 Å². The SMILES string of the molecule is C=C(Cl)/C=C(Cl)\C=C(/C)N1CCN(C(=O)CCC(=O)c2cocn2)C[C@@H]1C. The second kappa shape index (κ2) is 9.76. The van der Waals surface area contributed by atoms with E-state index in [1.807, 2.05) is 13.0 Å². The second-order valence-corrected chi connectivity index (χ2v) is 7.36. The lowest BCUT2D eigenvalue weighted by molar-refractivity contribution is -0.133. The molecule has 1 aliphatic rings. The Labute approximate surface area is 169 Å². The summed E-state index contributed by atoms with van der Waals surface area (Å²) in [6, 6.07) is 0.133. The number of nitrogens with zero attached hydrogens (tertiary/aromatic N) is 3. The van der Waals surface area contributed by atoms with Crippen molar-refractivity contribution >= 4 is 34.9 Å². The monoisotopic (exact) mass is 411 g/mol. The van der Waals surface area contributed by atoms with Crippen molar-refractivity contribution < 1.29 is 14.0 Å². The van der Waals surface area contributed by atoms with Gasteiger partial charge in [-0.05, 0) is 26.0 Å². The molecule has 0 spiro atoms. The van der Waals surface area contributed by atoms with Crippen molar-refractivity contribution in [3.05, 3.63) is 52.8 Å². The average molecular weight is 412 g/mol. The maximum atomic E-state index is 12.4. The Kier molecular flexibility index (Phi) is 7.68. The highest BCUT2D eigenvalue weighted by molar-refractivity contribution is 6.35. The summed E-state index contributed by atoms with van der Waals surface area (Å²) in [5, 5.41) is 0.872. The van der Waals surface area contributed by atoms with Crippen LogP contribution in [0.2, 0.25) is 0 Å². The molecule has 1 aliphatic heterocycles.